The molecule has 1 aromatic carbocycles. The highest BCUT2D eigenvalue weighted by Crippen LogP contribution is 2.16. The molecular weight excluding hydrogens is 180 g/mol. The van der Waals surface area contributed by atoms with Crippen LogP contribution in [0, 0.1) is 0 Å². The monoisotopic (exact) mass is 190 g/mol. The van der Waals surface area contributed by atoms with Gasteiger partial charge in [0.15, 0.2) is 0 Å². The molecule has 1 saturated heterocycles. The SMILES string of the molecule is O=C1NCC(c2ccccc2)C(=O)N1. The zero-order valence-electron chi connectivity index (χ0n) is 7.49. The molecule has 0 radical (unpaired) electrons. The van der Waals surface area contributed by atoms with Crippen LogP contribution in [0.15, 0.2) is 30.3 Å². The highest BCUT2D eigenvalue weighted by atomic mass is 16.2. The molecule has 4 heteroatoms. The first-order chi connectivity index (χ1) is 6.77. The molecule has 3 amide bonds. The summed E-state index contributed by atoms with van der Waals surface area (Å²) >= 11 is 0. The second kappa shape index (κ2) is 3.49. The Morgan fingerprint density at radius 2 is 1.86 bits per heavy atom. The number of carbonyl (C=O) groups is 2. The van der Waals surface area contributed by atoms with Crippen molar-refractivity contribution in [1.29, 1.82) is 0 Å². The number of nitrogens with one attached hydrogen (secondary N) is 2. The maximum absolute atomic E-state index is 11.4. The van der Waals surface area contributed by atoms with Gasteiger partial charge in [-0.2, -0.15) is 0 Å². The second-order valence-electron chi connectivity index (χ2n) is 3.16. The van der Waals surface area contributed by atoms with Crippen LogP contribution in [-0.2, 0) is 4.79 Å². The van der Waals surface area contributed by atoms with Crippen molar-refractivity contribution in [3.05, 3.63) is 35.9 Å². The fraction of sp³-hybridized carbons (Fsp3) is 0.200. The van der Waals surface area contributed by atoms with Crippen LogP contribution in [0.1, 0.15) is 11.5 Å². The van der Waals surface area contributed by atoms with Gasteiger partial charge in [-0.05, 0) is 5.56 Å². The molecule has 1 fully saturated rings. The fourth-order valence-electron chi connectivity index (χ4n) is 1.49. The van der Waals surface area contributed by atoms with Gasteiger partial charge in [0.05, 0.1) is 5.92 Å². The van der Waals surface area contributed by atoms with Gasteiger partial charge < -0.3 is 5.32 Å². The van der Waals surface area contributed by atoms with E-state index in [-0.39, 0.29) is 11.8 Å². The number of carbonyl (C=O) groups excluding carboxylic acids is 2. The molecule has 0 aromatic heterocycles. The molecule has 1 aliphatic heterocycles. The number of benzene rings is 1. The van der Waals surface area contributed by atoms with E-state index in [1.54, 1.807) is 0 Å². The Bertz CT molecular complexity index is 362. The summed E-state index contributed by atoms with van der Waals surface area (Å²) in [4.78, 5) is 22.2. The van der Waals surface area contributed by atoms with E-state index in [9.17, 15) is 9.59 Å². The van der Waals surface area contributed by atoms with Crippen LogP contribution in [0.5, 0.6) is 0 Å². The van der Waals surface area contributed by atoms with Crippen LogP contribution in [0.25, 0.3) is 0 Å². The largest absolute Gasteiger partial charge is 0.337 e. The molecule has 1 aliphatic rings. The van der Waals surface area contributed by atoms with Gasteiger partial charge in [-0.3, -0.25) is 10.1 Å². The van der Waals surface area contributed by atoms with Gasteiger partial charge in [0.2, 0.25) is 5.91 Å². The minimum Gasteiger partial charge on any atom is -0.337 e. The van der Waals surface area contributed by atoms with Crippen molar-refractivity contribution < 1.29 is 9.59 Å². The van der Waals surface area contributed by atoms with Gasteiger partial charge >= 0.3 is 6.03 Å². The van der Waals surface area contributed by atoms with E-state index in [2.05, 4.69) is 10.6 Å². The molecule has 4 nitrogen and oxygen atoms in total. The Morgan fingerprint density at radius 3 is 2.50 bits per heavy atom. The van der Waals surface area contributed by atoms with E-state index in [1.165, 1.54) is 0 Å². The summed E-state index contributed by atoms with van der Waals surface area (Å²) in [5.74, 6) is -0.506. The van der Waals surface area contributed by atoms with E-state index in [1.807, 2.05) is 30.3 Å². The summed E-state index contributed by atoms with van der Waals surface area (Å²) in [6.07, 6.45) is 0. The third kappa shape index (κ3) is 1.59. The Labute approximate surface area is 81.3 Å². The Balaban J connectivity index is 2.20. The number of urea groups is 1. The van der Waals surface area contributed by atoms with Crippen molar-refractivity contribution in [2.24, 2.45) is 0 Å². The Hall–Kier alpha value is -1.84. The lowest BCUT2D eigenvalue weighted by Crippen LogP contribution is -2.50. The number of rotatable bonds is 1. The average molecular weight is 190 g/mol. The summed E-state index contributed by atoms with van der Waals surface area (Å²) in [6, 6.07) is 8.98. The molecule has 1 unspecified atom stereocenters. The Morgan fingerprint density at radius 1 is 1.14 bits per heavy atom. The number of hydrogen-bond acceptors (Lipinski definition) is 2. The molecule has 1 aromatic rings. The van der Waals surface area contributed by atoms with Gasteiger partial charge in [-0.15, -0.1) is 0 Å². The first kappa shape index (κ1) is 8.74. The summed E-state index contributed by atoms with van der Waals surface area (Å²) in [5, 5.41) is 4.83. The van der Waals surface area contributed by atoms with E-state index >= 15 is 0 Å². The standard InChI is InChI=1S/C10H10N2O2/c13-9-8(6-11-10(14)12-9)7-4-2-1-3-5-7/h1-5,8H,6H2,(H2,11,12,13,14). The van der Waals surface area contributed by atoms with Crippen molar-refractivity contribution in [2.75, 3.05) is 6.54 Å². The van der Waals surface area contributed by atoms with Gasteiger partial charge in [-0.25, -0.2) is 4.79 Å². The lowest BCUT2D eigenvalue weighted by molar-refractivity contribution is -0.122. The maximum Gasteiger partial charge on any atom is 0.321 e. The van der Waals surface area contributed by atoms with Crippen LogP contribution in [0.2, 0.25) is 0 Å². The minimum atomic E-state index is -0.415. The topological polar surface area (TPSA) is 58.2 Å². The predicted molar refractivity (Wildman–Crippen MR) is 50.7 cm³/mol. The summed E-state index contributed by atoms with van der Waals surface area (Å²) in [5.41, 5.74) is 0.921. The number of imide groups is 1. The third-order valence-corrected chi connectivity index (χ3v) is 2.22. The Kier molecular flexibility index (Phi) is 2.18. The smallest absolute Gasteiger partial charge is 0.321 e. The quantitative estimate of drug-likeness (QED) is 0.681. The normalized spacial score (nSPS) is 21.3. The van der Waals surface area contributed by atoms with E-state index < -0.39 is 6.03 Å². The molecular formula is C10H10N2O2. The molecule has 2 rings (SSSR count). The van der Waals surface area contributed by atoms with Crippen molar-refractivity contribution in [1.82, 2.24) is 10.6 Å². The molecule has 1 atom stereocenters. The van der Waals surface area contributed by atoms with E-state index in [0.29, 0.717) is 6.54 Å². The lowest BCUT2D eigenvalue weighted by Gasteiger charge is -2.22. The molecule has 2 N–H and O–H groups in total. The second-order valence-corrected chi connectivity index (χ2v) is 3.16. The highest BCUT2D eigenvalue weighted by molar-refractivity contribution is 6.00. The molecule has 0 spiro atoms. The minimum absolute atomic E-state index is 0.236. The molecule has 0 aliphatic carbocycles. The molecule has 72 valence electrons. The van der Waals surface area contributed by atoms with Crippen molar-refractivity contribution in [3.63, 3.8) is 0 Å². The molecule has 0 bridgehead atoms. The van der Waals surface area contributed by atoms with E-state index in [0.717, 1.165) is 5.56 Å². The number of amides is 3. The van der Waals surface area contributed by atoms with Crippen molar-refractivity contribution in [2.45, 2.75) is 5.92 Å². The summed E-state index contributed by atoms with van der Waals surface area (Å²) in [7, 11) is 0. The summed E-state index contributed by atoms with van der Waals surface area (Å²) < 4.78 is 0. The first-order valence-corrected chi connectivity index (χ1v) is 4.41. The average Bonchev–Trinajstić information content (AvgIpc) is 2.19. The van der Waals surface area contributed by atoms with Crippen LogP contribution in [0.4, 0.5) is 4.79 Å². The van der Waals surface area contributed by atoms with Gasteiger partial charge in [0, 0.05) is 6.54 Å². The molecule has 0 saturated carbocycles. The van der Waals surface area contributed by atoms with Crippen LogP contribution >= 0.6 is 0 Å². The third-order valence-electron chi connectivity index (χ3n) is 2.22. The maximum atomic E-state index is 11.4. The lowest BCUT2D eigenvalue weighted by atomic mass is 9.97. The predicted octanol–water partition coefficient (Wildman–Crippen LogP) is 0.610. The van der Waals surface area contributed by atoms with Gasteiger partial charge in [0.25, 0.3) is 0 Å². The number of hydrogen-bond donors (Lipinski definition) is 2. The van der Waals surface area contributed by atoms with Crippen LogP contribution in [-0.4, -0.2) is 18.5 Å². The van der Waals surface area contributed by atoms with Crippen LogP contribution < -0.4 is 10.6 Å². The first-order valence-electron chi connectivity index (χ1n) is 4.41. The molecule has 1 heterocycles. The van der Waals surface area contributed by atoms with Crippen LogP contribution in [0.3, 0.4) is 0 Å². The van der Waals surface area contributed by atoms with Crippen molar-refractivity contribution in [3.8, 4) is 0 Å². The fourth-order valence-corrected chi connectivity index (χ4v) is 1.49. The van der Waals surface area contributed by atoms with Gasteiger partial charge in [0.1, 0.15) is 0 Å². The van der Waals surface area contributed by atoms with Gasteiger partial charge in [-0.1, -0.05) is 30.3 Å². The summed E-state index contributed by atoms with van der Waals surface area (Å²) in [6.45, 7) is 0.370. The zero-order chi connectivity index (χ0) is 9.97. The van der Waals surface area contributed by atoms with E-state index in [4.69, 9.17) is 0 Å². The molecule has 14 heavy (non-hydrogen) atoms. The zero-order valence-corrected chi connectivity index (χ0v) is 7.49. The highest BCUT2D eigenvalue weighted by Gasteiger charge is 2.26. The van der Waals surface area contributed by atoms with Crippen molar-refractivity contribution >= 4 is 11.9 Å².